The molecule has 0 fully saturated rings. The van der Waals surface area contributed by atoms with Crippen LogP contribution in [0.25, 0.3) is 10.2 Å². The van der Waals surface area contributed by atoms with Crippen LogP contribution in [-0.4, -0.2) is 16.6 Å². The predicted octanol–water partition coefficient (Wildman–Crippen LogP) is 6.45. The quantitative estimate of drug-likeness (QED) is 0.360. The van der Waals surface area contributed by atoms with Crippen LogP contribution in [0.3, 0.4) is 0 Å². The van der Waals surface area contributed by atoms with Crippen molar-refractivity contribution in [3.63, 3.8) is 0 Å². The first-order valence-corrected chi connectivity index (χ1v) is 10.6. The molecule has 0 aliphatic carbocycles. The first-order chi connectivity index (χ1) is 14.1. The molecule has 1 amide bonds. The number of anilines is 1. The van der Waals surface area contributed by atoms with Gasteiger partial charge in [-0.2, -0.15) is 8.78 Å². The highest BCUT2D eigenvalue weighted by Crippen LogP contribution is 2.32. The molecule has 7 heteroatoms. The van der Waals surface area contributed by atoms with Gasteiger partial charge >= 0.3 is 0 Å². The van der Waals surface area contributed by atoms with Crippen molar-refractivity contribution in [2.45, 2.75) is 17.1 Å². The summed E-state index contributed by atoms with van der Waals surface area (Å²) in [6.45, 7) is 0. The smallest absolute Gasteiger partial charge is 0.288 e. The third kappa shape index (κ3) is 4.81. The lowest BCUT2D eigenvalue weighted by Crippen LogP contribution is -2.14. The Morgan fingerprint density at radius 2 is 1.79 bits per heavy atom. The molecule has 4 aromatic rings. The molecule has 3 aromatic carbocycles. The van der Waals surface area contributed by atoms with Crippen LogP contribution in [0.4, 0.5) is 13.9 Å². The fourth-order valence-electron chi connectivity index (χ4n) is 3.01. The Morgan fingerprint density at radius 3 is 2.59 bits per heavy atom. The van der Waals surface area contributed by atoms with Gasteiger partial charge in [-0.05, 0) is 41.8 Å². The van der Waals surface area contributed by atoms with Gasteiger partial charge < -0.3 is 0 Å². The monoisotopic (exact) mass is 426 g/mol. The predicted molar refractivity (Wildman–Crippen MR) is 115 cm³/mol. The van der Waals surface area contributed by atoms with E-state index in [1.807, 2.05) is 48.5 Å². The molecule has 0 bridgehead atoms. The topological polar surface area (TPSA) is 42.0 Å². The van der Waals surface area contributed by atoms with E-state index >= 15 is 0 Å². The van der Waals surface area contributed by atoms with Crippen molar-refractivity contribution in [2.24, 2.45) is 0 Å². The summed E-state index contributed by atoms with van der Waals surface area (Å²) in [5, 5.41) is 3.29. The summed E-state index contributed by atoms with van der Waals surface area (Å²) < 4.78 is 25.9. The Kier molecular flexibility index (Phi) is 5.87. The van der Waals surface area contributed by atoms with Gasteiger partial charge in [0.25, 0.3) is 11.7 Å². The SMILES string of the molecule is O=C(Nc1nc2ccc(SC(F)F)cc2s1)c1ccccc1Cc1ccccc1. The Morgan fingerprint density at radius 1 is 1.03 bits per heavy atom. The van der Waals surface area contributed by atoms with E-state index in [2.05, 4.69) is 10.3 Å². The number of hydrogen-bond donors (Lipinski definition) is 1. The minimum Gasteiger partial charge on any atom is -0.298 e. The maximum absolute atomic E-state index is 12.9. The van der Waals surface area contributed by atoms with Crippen molar-refractivity contribution in [1.29, 1.82) is 0 Å². The number of aromatic nitrogens is 1. The zero-order chi connectivity index (χ0) is 20.2. The number of nitrogens with zero attached hydrogens (tertiary/aromatic N) is 1. The lowest BCUT2D eigenvalue weighted by atomic mass is 9.99. The number of thiazole rings is 1. The van der Waals surface area contributed by atoms with Crippen LogP contribution in [0, 0.1) is 0 Å². The normalized spacial score (nSPS) is 11.1. The Labute approximate surface area is 174 Å². The lowest BCUT2D eigenvalue weighted by Gasteiger charge is -2.09. The first kappa shape index (κ1) is 19.5. The second kappa shape index (κ2) is 8.71. The van der Waals surface area contributed by atoms with E-state index in [9.17, 15) is 13.6 Å². The highest BCUT2D eigenvalue weighted by molar-refractivity contribution is 7.99. The fourth-order valence-corrected chi connectivity index (χ4v) is 4.52. The minimum atomic E-state index is -2.47. The van der Waals surface area contributed by atoms with E-state index in [-0.39, 0.29) is 5.91 Å². The molecule has 4 rings (SSSR count). The summed E-state index contributed by atoms with van der Waals surface area (Å²) in [6, 6.07) is 22.4. The number of carbonyl (C=O) groups excluding carboxylic acids is 1. The number of fused-ring (bicyclic) bond motifs is 1. The number of halogens is 2. The third-order valence-electron chi connectivity index (χ3n) is 4.30. The fraction of sp³-hybridized carbons (Fsp3) is 0.0909. The molecule has 0 unspecified atom stereocenters. The Balaban J connectivity index is 1.55. The Bertz CT molecular complexity index is 1150. The molecule has 0 atom stereocenters. The van der Waals surface area contributed by atoms with Crippen molar-refractivity contribution < 1.29 is 13.6 Å². The van der Waals surface area contributed by atoms with Gasteiger partial charge in [0.15, 0.2) is 5.13 Å². The molecule has 1 aromatic heterocycles. The number of amides is 1. The molecule has 146 valence electrons. The van der Waals surface area contributed by atoms with Gasteiger partial charge in [-0.3, -0.25) is 10.1 Å². The van der Waals surface area contributed by atoms with E-state index in [4.69, 9.17) is 0 Å². The van der Waals surface area contributed by atoms with Gasteiger partial charge in [-0.1, -0.05) is 71.6 Å². The van der Waals surface area contributed by atoms with E-state index in [1.54, 1.807) is 24.3 Å². The highest BCUT2D eigenvalue weighted by Gasteiger charge is 2.14. The summed E-state index contributed by atoms with van der Waals surface area (Å²) in [5.41, 5.74) is 3.30. The molecule has 29 heavy (non-hydrogen) atoms. The third-order valence-corrected chi connectivity index (χ3v) is 5.94. The minimum absolute atomic E-state index is 0.238. The summed E-state index contributed by atoms with van der Waals surface area (Å²) in [7, 11) is 0. The van der Waals surface area contributed by atoms with Gasteiger partial charge in [-0.15, -0.1) is 0 Å². The second-order valence-corrected chi connectivity index (χ2v) is 8.39. The van der Waals surface area contributed by atoms with Crippen LogP contribution in [0.2, 0.25) is 0 Å². The largest absolute Gasteiger partial charge is 0.298 e. The number of carbonyl (C=O) groups is 1. The molecular weight excluding hydrogens is 410 g/mol. The summed E-state index contributed by atoms with van der Waals surface area (Å²) in [5.74, 6) is -2.71. The molecular formula is C22H16F2N2OS2. The number of benzene rings is 3. The van der Waals surface area contributed by atoms with Crippen LogP contribution in [0.15, 0.2) is 77.7 Å². The van der Waals surface area contributed by atoms with Crippen molar-refractivity contribution in [3.8, 4) is 0 Å². The maximum atomic E-state index is 12.9. The highest BCUT2D eigenvalue weighted by atomic mass is 32.2. The van der Waals surface area contributed by atoms with Crippen LogP contribution >= 0.6 is 23.1 Å². The maximum Gasteiger partial charge on any atom is 0.288 e. The molecule has 0 saturated heterocycles. The van der Waals surface area contributed by atoms with Crippen LogP contribution in [0.5, 0.6) is 0 Å². The molecule has 1 heterocycles. The van der Waals surface area contributed by atoms with Crippen LogP contribution in [-0.2, 0) is 6.42 Å². The van der Waals surface area contributed by atoms with Gasteiger partial charge in [-0.25, -0.2) is 4.98 Å². The summed E-state index contributed by atoms with van der Waals surface area (Å²) >= 11 is 1.76. The summed E-state index contributed by atoms with van der Waals surface area (Å²) in [6.07, 6.45) is 0.651. The van der Waals surface area contributed by atoms with Crippen molar-refractivity contribution in [2.75, 3.05) is 5.32 Å². The zero-order valence-corrected chi connectivity index (χ0v) is 16.8. The van der Waals surface area contributed by atoms with Gasteiger partial charge in [0.2, 0.25) is 0 Å². The number of rotatable bonds is 6. The Hall–Kier alpha value is -2.77. The van der Waals surface area contributed by atoms with Crippen molar-refractivity contribution in [3.05, 3.63) is 89.5 Å². The van der Waals surface area contributed by atoms with Crippen LogP contribution < -0.4 is 5.32 Å². The standard InChI is InChI=1S/C22H16F2N2OS2/c23-21(24)28-16-10-11-18-19(13-16)29-22(25-18)26-20(27)17-9-5-4-8-15(17)12-14-6-2-1-3-7-14/h1-11,13,21H,12H2,(H,25,26,27). The summed E-state index contributed by atoms with van der Waals surface area (Å²) in [4.78, 5) is 17.7. The lowest BCUT2D eigenvalue weighted by molar-refractivity contribution is 0.102. The average molecular weight is 427 g/mol. The van der Waals surface area contributed by atoms with Gasteiger partial charge in [0.1, 0.15) is 0 Å². The van der Waals surface area contributed by atoms with Crippen molar-refractivity contribution in [1.82, 2.24) is 4.98 Å². The van der Waals surface area contributed by atoms with Gasteiger partial charge in [0.05, 0.1) is 10.2 Å². The molecule has 0 aliphatic rings. The number of nitrogens with one attached hydrogen (secondary N) is 1. The zero-order valence-electron chi connectivity index (χ0n) is 15.1. The van der Waals surface area contributed by atoms with E-state index in [0.717, 1.165) is 15.8 Å². The second-order valence-electron chi connectivity index (χ2n) is 6.30. The molecule has 0 radical (unpaired) electrons. The van der Waals surface area contributed by atoms with Gasteiger partial charge in [0, 0.05) is 10.5 Å². The number of hydrogen-bond acceptors (Lipinski definition) is 4. The number of thioether (sulfide) groups is 1. The van der Waals surface area contributed by atoms with E-state index in [1.165, 1.54) is 11.3 Å². The first-order valence-electron chi connectivity index (χ1n) is 8.87. The molecule has 1 N–H and O–H groups in total. The van der Waals surface area contributed by atoms with Crippen molar-refractivity contribution >= 4 is 44.4 Å². The molecule has 0 aliphatic heterocycles. The van der Waals surface area contributed by atoms with E-state index < -0.39 is 5.76 Å². The molecule has 3 nitrogen and oxygen atoms in total. The molecule has 0 saturated carbocycles. The van der Waals surface area contributed by atoms with E-state index in [0.29, 0.717) is 39.3 Å². The average Bonchev–Trinajstić information content (AvgIpc) is 3.10. The molecule has 0 spiro atoms. The number of alkyl halides is 2. The van der Waals surface area contributed by atoms with Crippen LogP contribution in [0.1, 0.15) is 21.5 Å².